The summed E-state index contributed by atoms with van der Waals surface area (Å²) in [5, 5.41) is 0.806. The Hall–Kier alpha value is -2.44. The maximum Gasteiger partial charge on any atom is 0.267 e. The number of rotatable bonds is 3. The van der Waals surface area contributed by atoms with Crippen LogP contribution in [0.4, 0.5) is 5.69 Å². The third kappa shape index (κ3) is 3.94. The van der Waals surface area contributed by atoms with Crippen LogP contribution in [0.15, 0.2) is 57.9 Å². The van der Waals surface area contributed by atoms with Crippen LogP contribution in [0.1, 0.15) is 43.2 Å². The van der Waals surface area contributed by atoms with E-state index in [2.05, 4.69) is 30.1 Å². The molecule has 5 rings (SSSR count). The third-order valence-electron chi connectivity index (χ3n) is 5.69. The molecule has 30 heavy (non-hydrogen) atoms. The first-order chi connectivity index (χ1) is 14.7. The summed E-state index contributed by atoms with van der Waals surface area (Å²) in [5.74, 6) is 0.0853. The zero-order chi connectivity index (χ0) is 20.5. The van der Waals surface area contributed by atoms with Crippen molar-refractivity contribution in [3.8, 4) is 0 Å². The van der Waals surface area contributed by atoms with Gasteiger partial charge < -0.3 is 0 Å². The number of hydrogen-bond acceptors (Lipinski definition) is 5. The van der Waals surface area contributed by atoms with Crippen LogP contribution < -0.4 is 0 Å². The molecule has 1 amide bonds. The summed E-state index contributed by atoms with van der Waals surface area (Å²) >= 11 is 3.12. The molecule has 4 nitrogen and oxygen atoms in total. The maximum absolute atomic E-state index is 13.4. The van der Waals surface area contributed by atoms with Gasteiger partial charge in [-0.05, 0) is 67.4 Å². The zero-order valence-electron chi connectivity index (χ0n) is 16.9. The lowest BCUT2D eigenvalue weighted by atomic mass is 9.94. The van der Waals surface area contributed by atoms with E-state index in [1.807, 2.05) is 40.8 Å². The van der Waals surface area contributed by atoms with E-state index in [1.165, 1.54) is 36.6 Å². The molecule has 1 saturated heterocycles. The summed E-state index contributed by atoms with van der Waals surface area (Å²) in [6, 6.07) is 14.6. The van der Waals surface area contributed by atoms with E-state index < -0.39 is 0 Å². The number of aliphatic imine (C=N–C) groups is 1. The predicted octanol–water partition coefficient (Wildman–Crippen LogP) is 6.54. The molecule has 2 aromatic carbocycles. The van der Waals surface area contributed by atoms with Gasteiger partial charge in [0, 0.05) is 6.04 Å². The van der Waals surface area contributed by atoms with Gasteiger partial charge >= 0.3 is 0 Å². The Morgan fingerprint density at radius 3 is 2.70 bits per heavy atom. The van der Waals surface area contributed by atoms with Crippen LogP contribution in [0.3, 0.4) is 0 Å². The normalized spacial score (nSPS) is 20.7. The van der Waals surface area contributed by atoms with Crippen molar-refractivity contribution < 1.29 is 4.79 Å². The molecule has 0 spiro atoms. The molecule has 2 heterocycles. The number of benzene rings is 2. The van der Waals surface area contributed by atoms with Crippen molar-refractivity contribution in [3.63, 3.8) is 0 Å². The number of carbonyl (C=O) groups excluding carboxylic acids is 1. The Balaban J connectivity index is 1.51. The first-order valence-corrected chi connectivity index (χ1v) is 12.1. The quantitative estimate of drug-likeness (QED) is 0.441. The second kappa shape index (κ2) is 8.36. The molecular formula is C24H23N3OS2. The van der Waals surface area contributed by atoms with E-state index in [0.717, 1.165) is 44.4 Å². The molecule has 2 fully saturated rings. The number of hydrogen-bond donors (Lipinski definition) is 0. The highest BCUT2D eigenvalue weighted by Gasteiger charge is 2.38. The lowest BCUT2D eigenvalue weighted by Crippen LogP contribution is -2.40. The molecule has 6 heteroatoms. The molecule has 152 valence electrons. The van der Waals surface area contributed by atoms with Crippen LogP contribution in [-0.2, 0) is 4.79 Å². The molecule has 1 saturated carbocycles. The van der Waals surface area contributed by atoms with Gasteiger partial charge in [-0.3, -0.25) is 9.69 Å². The Bertz CT molecular complexity index is 1140. The summed E-state index contributed by atoms with van der Waals surface area (Å²) in [6.07, 6.45) is 7.72. The second-order valence-corrected chi connectivity index (χ2v) is 9.78. The summed E-state index contributed by atoms with van der Waals surface area (Å²) < 4.78 is 1.14. The first-order valence-electron chi connectivity index (χ1n) is 10.4. The van der Waals surface area contributed by atoms with E-state index in [0.29, 0.717) is 0 Å². The molecule has 1 aliphatic carbocycles. The van der Waals surface area contributed by atoms with Crippen LogP contribution in [0.2, 0.25) is 0 Å². The minimum Gasteiger partial charge on any atom is -0.283 e. The average Bonchev–Trinajstić information content (AvgIpc) is 3.34. The van der Waals surface area contributed by atoms with Gasteiger partial charge in [0.25, 0.3) is 5.91 Å². The minimum absolute atomic E-state index is 0.0853. The van der Waals surface area contributed by atoms with Gasteiger partial charge in [-0.1, -0.05) is 43.0 Å². The molecule has 1 aromatic heterocycles. The number of thiazole rings is 1. The summed E-state index contributed by atoms with van der Waals surface area (Å²) in [5.41, 5.74) is 5.98. The van der Waals surface area contributed by atoms with Crippen molar-refractivity contribution in [3.05, 3.63) is 64.0 Å². The Labute approximate surface area is 184 Å². The second-order valence-electron chi connectivity index (χ2n) is 7.89. The van der Waals surface area contributed by atoms with Crippen LogP contribution in [0.5, 0.6) is 0 Å². The van der Waals surface area contributed by atoms with E-state index in [9.17, 15) is 4.79 Å². The van der Waals surface area contributed by atoms with Crippen molar-refractivity contribution in [1.29, 1.82) is 0 Å². The van der Waals surface area contributed by atoms with E-state index in [-0.39, 0.29) is 11.9 Å². The van der Waals surface area contributed by atoms with Crippen molar-refractivity contribution in [2.45, 2.75) is 45.1 Å². The number of nitrogens with zero attached hydrogens (tertiary/aromatic N) is 3. The first kappa shape index (κ1) is 19.5. The fourth-order valence-electron chi connectivity index (χ4n) is 4.07. The highest BCUT2D eigenvalue weighted by Crippen LogP contribution is 2.38. The summed E-state index contributed by atoms with van der Waals surface area (Å²) in [7, 11) is 0. The smallest absolute Gasteiger partial charge is 0.267 e. The highest BCUT2D eigenvalue weighted by atomic mass is 32.2. The Morgan fingerprint density at radius 1 is 1.10 bits per heavy atom. The number of aromatic nitrogens is 1. The Kier molecular flexibility index (Phi) is 5.44. The van der Waals surface area contributed by atoms with Crippen LogP contribution in [0, 0.1) is 6.92 Å². The van der Waals surface area contributed by atoms with Crippen molar-refractivity contribution in [2.75, 3.05) is 0 Å². The number of thioether (sulfide) groups is 1. The van der Waals surface area contributed by atoms with Crippen molar-refractivity contribution in [2.24, 2.45) is 4.99 Å². The van der Waals surface area contributed by atoms with Crippen LogP contribution in [-0.4, -0.2) is 27.0 Å². The molecule has 1 aliphatic heterocycles. The zero-order valence-corrected chi connectivity index (χ0v) is 18.5. The molecule has 0 unspecified atom stereocenters. The molecule has 0 radical (unpaired) electrons. The van der Waals surface area contributed by atoms with Crippen molar-refractivity contribution in [1.82, 2.24) is 9.88 Å². The fraction of sp³-hybridized carbons (Fsp3) is 0.292. The topological polar surface area (TPSA) is 45.6 Å². The molecule has 2 aliphatic rings. The number of carbonyl (C=O) groups is 1. The minimum atomic E-state index is 0.0853. The van der Waals surface area contributed by atoms with Gasteiger partial charge in [-0.15, -0.1) is 11.3 Å². The average molecular weight is 434 g/mol. The van der Waals surface area contributed by atoms with Crippen LogP contribution >= 0.6 is 23.1 Å². The van der Waals surface area contributed by atoms with Gasteiger partial charge in [0.15, 0.2) is 5.17 Å². The number of aryl methyl sites for hydroxylation is 1. The van der Waals surface area contributed by atoms with E-state index in [4.69, 9.17) is 4.99 Å². The molecule has 3 aromatic rings. The van der Waals surface area contributed by atoms with Gasteiger partial charge in [0.05, 0.1) is 26.3 Å². The van der Waals surface area contributed by atoms with Gasteiger partial charge in [0.1, 0.15) is 0 Å². The lowest BCUT2D eigenvalue weighted by molar-refractivity contribution is -0.124. The summed E-state index contributed by atoms with van der Waals surface area (Å²) in [4.78, 5) is 25.3. The van der Waals surface area contributed by atoms with Crippen LogP contribution in [0.25, 0.3) is 16.3 Å². The largest absolute Gasteiger partial charge is 0.283 e. The molecule has 0 N–H and O–H groups in total. The number of fused-ring (bicyclic) bond motifs is 1. The highest BCUT2D eigenvalue weighted by molar-refractivity contribution is 8.18. The van der Waals surface area contributed by atoms with Gasteiger partial charge in [0.2, 0.25) is 0 Å². The standard InChI is InChI=1S/C24H23N3OS2/c1-16-7-10-18(11-8-16)26-24-27(19-5-3-2-4-6-19)23(28)22(30-24)14-17-9-12-20-21(13-17)29-15-25-20/h7-15,19H,2-6H2,1H3/b22-14-,26-24-. The fourth-order valence-corrected chi connectivity index (χ4v) is 5.85. The lowest BCUT2D eigenvalue weighted by Gasteiger charge is -2.30. The SMILES string of the molecule is Cc1ccc(/N=C2\S/C(=C\c3ccc4ncsc4c3)C(=O)N2C2CCCCC2)cc1. The van der Waals surface area contributed by atoms with E-state index >= 15 is 0 Å². The van der Waals surface area contributed by atoms with Gasteiger partial charge in [-0.2, -0.15) is 0 Å². The molecular weight excluding hydrogens is 410 g/mol. The molecule has 0 atom stereocenters. The Morgan fingerprint density at radius 2 is 1.90 bits per heavy atom. The number of amidine groups is 1. The molecule has 0 bridgehead atoms. The third-order valence-corrected chi connectivity index (χ3v) is 7.46. The monoisotopic (exact) mass is 433 g/mol. The van der Waals surface area contributed by atoms with E-state index in [1.54, 1.807) is 11.3 Å². The van der Waals surface area contributed by atoms with Crippen molar-refractivity contribution >= 4 is 56.2 Å². The van der Waals surface area contributed by atoms with Gasteiger partial charge in [-0.25, -0.2) is 9.98 Å². The summed E-state index contributed by atoms with van der Waals surface area (Å²) in [6.45, 7) is 2.07. The maximum atomic E-state index is 13.4. The number of amides is 1. The predicted molar refractivity (Wildman–Crippen MR) is 127 cm³/mol.